The standard InChI is InChI=1S/C19H22N2O2S/c1-19(2,3)15-10-5-6-11-16(15)21-18(23)17(22)20-13-8-7-9-14(12-13)24-4/h5-12H,1-4H3,(H,20,22)(H,21,23). The van der Waals surface area contributed by atoms with Crippen LogP contribution in [0.2, 0.25) is 0 Å². The molecule has 0 aliphatic heterocycles. The van der Waals surface area contributed by atoms with Gasteiger partial charge in [0, 0.05) is 16.3 Å². The predicted octanol–water partition coefficient (Wildman–Crippen LogP) is 4.28. The first-order chi connectivity index (χ1) is 11.3. The SMILES string of the molecule is CSc1cccc(NC(=O)C(=O)Nc2ccccc2C(C)(C)C)c1. The number of benzene rings is 2. The molecular formula is C19H22N2O2S. The van der Waals surface area contributed by atoms with Crippen molar-refractivity contribution < 1.29 is 9.59 Å². The van der Waals surface area contributed by atoms with Gasteiger partial charge >= 0.3 is 11.8 Å². The van der Waals surface area contributed by atoms with Crippen molar-refractivity contribution in [3.05, 3.63) is 54.1 Å². The largest absolute Gasteiger partial charge is 0.318 e. The summed E-state index contributed by atoms with van der Waals surface area (Å²) in [6.45, 7) is 6.18. The molecule has 2 rings (SSSR count). The topological polar surface area (TPSA) is 58.2 Å². The molecule has 0 radical (unpaired) electrons. The van der Waals surface area contributed by atoms with Crippen molar-refractivity contribution in [2.24, 2.45) is 0 Å². The van der Waals surface area contributed by atoms with E-state index in [0.717, 1.165) is 10.5 Å². The second-order valence-corrected chi connectivity index (χ2v) is 7.32. The van der Waals surface area contributed by atoms with Crippen molar-refractivity contribution in [2.75, 3.05) is 16.9 Å². The summed E-state index contributed by atoms with van der Waals surface area (Å²) in [5.74, 6) is -1.36. The monoisotopic (exact) mass is 342 g/mol. The molecule has 0 bridgehead atoms. The number of thioether (sulfide) groups is 1. The summed E-state index contributed by atoms with van der Waals surface area (Å²) in [6, 6.07) is 14.9. The van der Waals surface area contributed by atoms with Gasteiger partial charge in [-0.25, -0.2) is 0 Å². The molecule has 0 unspecified atom stereocenters. The van der Waals surface area contributed by atoms with Crippen molar-refractivity contribution in [3.63, 3.8) is 0 Å². The molecule has 2 N–H and O–H groups in total. The number of carbonyl (C=O) groups is 2. The number of amides is 2. The Balaban J connectivity index is 2.11. The maximum absolute atomic E-state index is 12.2. The van der Waals surface area contributed by atoms with Crippen LogP contribution in [0.3, 0.4) is 0 Å². The Bertz CT molecular complexity index is 751. The van der Waals surface area contributed by atoms with E-state index in [1.807, 2.05) is 42.7 Å². The summed E-state index contributed by atoms with van der Waals surface area (Å²) in [5, 5.41) is 5.34. The molecule has 0 heterocycles. The number of hydrogen-bond donors (Lipinski definition) is 2. The van der Waals surface area contributed by atoms with Crippen LogP contribution in [0.4, 0.5) is 11.4 Å². The lowest BCUT2D eigenvalue weighted by Crippen LogP contribution is -2.30. The second kappa shape index (κ2) is 7.53. The number of rotatable bonds is 3. The quantitative estimate of drug-likeness (QED) is 0.646. The summed E-state index contributed by atoms with van der Waals surface area (Å²) in [4.78, 5) is 25.4. The highest BCUT2D eigenvalue weighted by Crippen LogP contribution is 2.29. The summed E-state index contributed by atoms with van der Waals surface area (Å²) >= 11 is 1.57. The normalized spacial score (nSPS) is 11.0. The fraction of sp³-hybridized carbons (Fsp3) is 0.263. The second-order valence-electron chi connectivity index (χ2n) is 6.44. The van der Waals surface area contributed by atoms with Crippen LogP contribution in [-0.2, 0) is 15.0 Å². The average Bonchev–Trinajstić information content (AvgIpc) is 2.54. The molecule has 0 atom stereocenters. The number of nitrogens with one attached hydrogen (secondary N) is 2. The van der Waals surface area contributed by atoms with Gasteiger partial charge in [0.05, 0.1) is 0 Å². The Hall–Kier alpha value is -2.27. The van der Waals surface area contributed by atoms with E-state index in [0.29, 0.717) is 11.4 Å². The first-order valence-electron chi connectivity index (χ1n) is 7.67. The van der Waals surface area contributed by atoms with Crippen LogP contribution in [0.25, 0.3) is 0 Å². The van der Waals surface area contributed by atoms with Crippen LogP contribution in [0.5, 0.6) is 0 Å². The smallest absolute Gasteiger partial charge is 0.314 e. The lowest BCUT2D eigenvalue weighted by atomic mass is 9.86. The third-order valence-corrected chi connectivity index (χ3v) is 4.24. The van der Waals surface area contributed by atoms with Crippen molar-refractivity contribution in [1.29, 1.82) is 0 Å². The van der Waals surface area contributed by atoms with Gasteiger partial charge in [0.25, 0.3) is 0 Å². The zero-order valence-electron chi connectivity index (χ0n) is 14.3. The van der Waals surface area contributed by atoms with Crippen LogP contribution in [0, 0.1) is 0 Å². The molecular weight excluding hydrogens is 320 g/mol. The third kappa shape index (κ3) is 4.61. The molecule has 2 aromatic carbocycles. The number of para-hydroxylation sites is 1. The van der Waals surface area contributed by atoms with Gasteiger partial charge in [-0.05, 0) is 41.5 Å². The minimum absolute atomic E-state index is 0.132. The number of carbonyl (C=O) groups excluding carboxylic acids is 2. The van der Waals surface area contributed by atoms with Gasteiger partial charge in [-0.1, -0.05) is 45.0 Å². The molecule has 126 valence electrons. The Morgan fingerprint density at radius 3 is 2.25 bits per heavy atom. The zero-order valence-corrected chi connectivity index (χ0v) is 15.2. The molecule has 0 aliphatic carbocycles. The molecule has 2 amide bonds. The molecule has 4 nitrogen and oxygen atoms in total. The van der Waals surface area contributed by atoms with E-state index in [9.17, 15) is 9.59 Å². The minimum atomic E-state index is -0.683. The summed E-state index contributed by atoms with van der Waals surface area (Å²) in [5.41, 5.74) is 2.11. The Kier molecular flexibility index (Phi) is 5.67. The van der Waals surface area contributed by atoms with Crippen molar-refractivity contribution in [1.82, 2.24) is 0 Å². The molecule has 0 spiro atoms. The maximum Gasteiger partial charge on any atom is 0.314 e. The van der Waals surface area contributed by atoms with Gasteiger partial charge in [-0.15, -0.1) is 11.8 Å². The van der Waals surface area contributed by atoms with E-state index >= 15 is 0 Å². The number of hydrogen-bond acceptors (Lipinski definition) is 3. The maximum atomic E-state index is 12.2. The van der Waals surface area contributed by atoms with Crippen LogP contribution < -0.4 is 10.6 Å². The molecule has 0 saturated carbocycles. The third-order valence-electron chi connectivity index (χ3n) is 3.52. The average molecular weight is 342 g/mol. The summed E-state index contributed by atoms with van der Waals surface area (Å²) in [6.07, 6.45) is 1.96. The summed E-state index contributed by atoms with van der Waals surface area (Å²) in [7, 11) is 0. The highest BCUT2D eigenvalue weighted by molar-refractivity contribution is 7.98. The van der Waals surface area contributed by atoms with Gasteiger partial charge in [-0.3, -0.25) is 9.59 Å². The van der Waals surface area contributed by atoms with Gasteiger partial charge in [-0.2, -0.15) is 0 Å². The Labute approximate surface area is 147 Å². The van der Waals surface area contributed by atoms with Gasteiger partial charge in [0.1, 0.15) is 0 Å². The molecule has 0 aliphatic rings. The van der Waals surface area contributed by atoms with Crippen LogP contribution in [0.1, 0.15) is 26.3 Å². The minimum Gasteiger partial charge on any atom is -0.318 e. The van der Waals surface area contributed by atoms with Crippen molar-refractivity contribution in [2.45, 2.75) is 31.1 Å². The van der Waals surface area contributed by atoms with E-state index in [1.165, 1.54) is 0 Å². The van der Waals surface area contributed by atoms with E-state index in [4.69, 9.17) is 0 Å². The van der Waals surface area contributed by atoms with Crippen LogP contribution >= 0.6 is 11.8 Å². The van der Waals surface area contributed by atoms with Gasteiger partial charge in [0.15, 0.2) is 0 Å². The van der Waals surface area contributed by atoms with Gasteiger partial charge < -0.3 is 10.6 Å². The molecule has 2 aromatic rings. The predicted molar refractivity (Wildman–Crippen MR) is 101 cm³/mol. The highest BCUT2D eigenvalue weighted by atomic mass is 32.2. The zero-order chi connectivity index (χ0) is 17.7. The van der Waals surface area contributed by atoms with Gasteiger partial charge in [0.2, 0.25) is 0 Å². The van der Waals surface area contributed by atoms with Crippen LogP contribution in [0.15, 0.2) is 53.4 Å². The molecule has 0 fully saturated rings. The first-order valence-corrected chi connectivity index (χ1v) is 8.89. The van der Waals surface area contributed by atoms with Crippen molar-refractivity contribution >= 4 is 35.0 Å². The molecule has 0 saturated heterocycles. The highest BCUT2D eigenvalue weighted by Gasteiger charge is 2.21. The van der Waals surface area contributed by atoms with E-state index in [1.54, 1.807) is 23.9 Å². The first kappa shape index (κ1) is 18.1. The summed E-state index contributed by atoms with van der Waals surface area (Å²) < 4.78 is 0. The number of anilines is 2. The lowest BCUT2D eigenvalue weighted by molar-refractivity contribution is -0.133. The van der Waals surface area contributed by atoms with Crippen molar-refractivity contribution in [3.8, 4) is 0 Å². The van der Waals surface area contributed by atoms with Crippen LogP contribution in [-0.4, -0.2) is 18.1 Å². The Morgan fingerprint density at radius 2 is 1.58 bits per heavy atom. The fourth-order valence-electron chi connectivity index (χ4n) is 2.31. The fourth-order valence-corrected chi connectivity index (χ4v) is 2.77. The molecule has 24 heavy (non-hydrogen) atoms. The van der Waals surface area contributed by atoms with E-state index in [-0.39, 0.29) is 5.41 Å². The Morgan fingerprint density at radius 1 is 0.917 bits per heavy atom. The lowest BCUT2D eigenvalue weighted by Gasteiger charge is -2.22. The van der Waals surface area contributed by atoms with E-state index in [2.05, 4.69) is 31.4 Å². The molecule has 0 aromatic heterocycles. The van der Waals surface area contributed by atoms with E-state index < -0.39 is 11.8 Å². The molecule has 5 heteroatoms.